The number of aromatic nitrogens is 1. The van der Waals surface area contributed by atoms with Gasteiger partial charge in [0.05, 0.1) is 4.92 Å². The molecule has 0 atom stereocenters. The Labute approximate surface area is 75.4 Å². The molecular formula is C3HClN2O4S2. The first-order valence-corrected chi connectivity index (χ1v) is 5.59. The SMILES string of the molecule is O=[N+]([O-])c1cnc(S(=O)(=O)Cl)s1. The summed E-state index contributed by atoms with van der Waals surface area (Å²) in [7, 11) is 0.934. The Morgan fingerprint density at radius 3 is 2.50 bits per heavy atom. The van der Waals surface area contributed by atoms with Crippen molar-refractivity contribution in [1.82, 2.24) is 4.98 Å². The Morgan fingerprint density at radius 2 is 2.25 bits per heavy atom. The molecule has 0 N–H and O–H groups in total. The predicted molar refractivity (Wildman–Crippen MR) is 41.8 cm³/mol. The zero-order chi connectivity index (χ0) is 9.35. The zero-order valence-electron chi connectivity index (χ0n) is 5.30. The van der Waals surface area contributed by atoms with Crippen LogP contribution in [-0.2, 0) is 9.05 Å². The predicted octanol–water partition coefficient (Wildman–Crippen LogP) is 0.979. The maximum absolute atomic E-state index is 10.6. The fourth-order valence-corrected chi connectivity index (χ4v) is 2.15. The van der Waals surface area contributed by atoms with Crippen molar-refractivity contribution in [3.05, 3.63) is 16.3 Å². The summed E-state index contributed by atoms with van der Waals surface area (Å²) in [5.41, 5.74) is 0. The van der Waals surface area contributed by atoms with Crippen LogP contribution in [0.25, 0.3) is 0 Å². The maximum atomic E-state index is 10.6. The molecule has 6 nitrogen and oxygen atoms in total. The molecular weight excluding hydrogens is 228 g/mol. The Bertz CT molecular complexity index is 410. The van der Waals surface area contributed by atoms with Gasteiger partial charge in [-0.25, -0.2) is 13.4 Å². The molecule has 0 unspecified atom stereocenters. The lowest BCUT2D eigenvalue weighted by Gasteiger charge is -1.82. The highest BCUT2D eigenvalue weighted by Crippen LogP contribution is 2.26. The van der Waals surface area contributed by atoms with Gasteiger partial charge in [-0.15, -0.1) is 0 Å². The summed E-state index contributed by atoms with van der Waals surface area (Å²) >= 11 is 0.418. The van der Waals surface area contributed by atoms with Crippen LogP contribution >= 0.6 is 22.0 Å². The highest BCUT2D eigenvalue weighted by molar-refractivity contribution is 8.15. The smallest absolute Gasteiger partial charge is 0.257 e. The van der Waals surface area contributed by atoms with Gasteiger partial charge in [0, 0.05) is 10.7 Å². The highest BCUT2D eigenvalue weighted by atomic mass is 35.7. The molecule has 0 aliphatic heterocycles. The highest BCUT2D eigenvalue weighted by Gasteiger charge is 2.20. The average Bonchev–Trinajstić information content (AvgIpc) is 2.30. The van der Waals surface area contributed by atoms with Crippen LogP contribution in [0.2, 0.25) is 0 Å². The monoisotopic (exact) mass is 228 g/mol. The van der Waals surface area contributed by atoms with E-state index >= 15 is 0 Å². The molecule has 0 aliphatic carbocycles. The van der Waals surface area contributed by atoms with E-state index in [1.54, 1.807) is 0 Å². The lowest BCUT2D eigenvalue weighted by molar-refractivity contribution is -0.380. The number of nitro groups is 1. The summed E-state index contributed by atoms with van der Waals surface area (Å²) in [5.74, 6) is 0. The molecule has 9 heteroatoms. The van der Waals surface area contributed by atoms with E-state index in [-0.39, 0.29) is 5.00 Å². The first-order chi connectivity index (χ1) is 5.41. The summed E-state index contributed by atoms with van der Waals surface area (Å²) < 4.78 is 20.7. The minimum Gasteiger partial charge on any atom is -0.257 e. The third kappa shape index (κ3) is 1.90. The molecule has 0 amide bonds. The second-order valence-corrected chi connectivity index (χ2v) is 5.41. The Kier molecular flexibility index (Phi) is 2.31. The molecule has 0 aromatic carbocycles. The van der Waals surface area contributed by atoms with Crippen LogP contribution in [0.15, 0.2) is 10.5 Å². The van der Waals surface area contributed by atoms with Gasteiger partial charge in [0.25, 0.3) is 9.05 Å². The molecule has 0 aliphatic rings. The van der Waals surface area contributed by atoms with E-state index in [0.29, 0.717) is 11.3 Å². The van der Waals surface area contributed by atoms with Gasteiger partial charge < -0.3 is 0 Å². The van der Waals surface area contributed by atoms with Crippen LogP contribution in [0.1, 0.15) is 0 Å². The lowest BCUT2D eigenvalue weighted by atomic mass is 10.9. The largest absolute Gasteiger partial charge is 0.344 e. The fraction of sp³-hybridized carbons (Fsp3) is 0. The van der Waals surface area contributed by atoms with Crippen molar-refractivity contribution in [2.24, 2.45) is 0 Å². The molecule has 0 fully saturated rings. The minimum absolute atomic E-state index is 0.353. The van der Waals surface area contributed by atoms with Crippen molar-refractivity contribution in [3.63, 3.8) is 0 Å². The third-order valence-corrected chi connectivity index (χ3v) is 3.75. The van der Waals surface area contributed by atoms with Crippen molar-refractivity contribution in [2.75, 3.05) is 0 Å². The first-order valence-electron chi connectivity index (χ1n) is 2.46. The molecule has 0 radical (unpaired) electrons. The van der Waals surface area contributed by atoms with Crippen molar-refractivity contribution in [3.8, 4) is 0 Å². The van der Waals surface area contributed by atoms with E-state index in [1.807, 2.05) is 0 Å². The molecule has 1 aromatic rings. The minimum atomic E-state index is -3.94. The number of halogens is 1. The molecule has 66 valence electrons. The number of hydrogen-bond acceptors (Lipinski definition) is 6. The Hall–Kier alpha value is -0.730. The summed E-state index contributed by atoms with van der Waals surface area (Å²) in [6.07, 6.45) is 0.847. The van der Waals surface area contributed by atoms with E-state index in [9.17, 15) is 18.5 Å². The van der Waals surface area contributed by atoms with Crippen molar-refractivity contribution < 1.29 is 13.3 Å². The lowest BCUT2D eigenvalue weighted by Crippen LogP contribution is -1.86. The van der Waals surface area contributed by atoms with E-state index in [4.69, 9.17) is 10.7 Å². The molecule has 1 rings (SSSR count). The molecule has 0 saturated carbocycles. The standard InChI is InChI=1S/C3HClN2O4S2/c4-12(9,10)3-5-1-2(11-3)6(7)8/h1H. The van der Waals surface area contributed by atoms with Crippen molar-refractivity contribution in [2.45, 2.75) is 4.34 Å². The third-order valence-electron chi connectivity index (χ3n) is 0.861. The number of hydrogen-bond donors (Lipinski definition) is 0. The molecule has 0 saturated heterocycles. The van der Waals surface area contributed by atoms with E-state index in [0.717, 1.165) is 6.20 Å². The molecule has 1 aromatic heterocycles. The first kappa shape index (κ1) is 9.36. The van der Waals surface area contributed by atoms with Crippen LogP contribution in [0, 0.1) is 10.1 Å². The molecule has 1 heterocycles. The van der Waals surface area contributed by atoms with E-state index < -0.39 is 18.3 Å². The summed E-state index contributed by atoms with van der Waals surface area (Å²) in [5, 5.41) is 9.73. The van der Waals surface area contributed by atoms with Crippen molar-refractivity contribution in [1.29, 1.82) is 0 Å². The van der Waals surface area contributed by atoms with Crippen LogP contribution in [0.5, 0.6) is 0 Å². The van der Waals surface area contributed by atoms with Gasteiger partial charge in [0.2, 0.25) is 4.34 Å². The number of thiazole rings is 1. The van der Waals surface area contributed by atoms with E-state index in [1.165, 1.54) is 0 Å². The Balaban J connectivity index is 3.17. The molecule has 12 heavy (non-hydrogen) atoms. The van der Waals surface area contributed by atoms with Gasteiger partial charge in [0.1, 0.15) is 6.20 Å². The quantitative estimate of drug-likeness (QED) is 0.428. The second-order valence-electron chi connectivity index (χ2n) is 1.66. The molecule has 0 bridgehead atoms. The molecule has 0 spiro atoms. The van der Waals surface area contributed by atoms with Gasteiger partial charge in [-0.2, -0.15) is 0 Å². The van der Waals surface area contributed by atoms with Gasteiger partial charge in [-0.1, -0.05) is 0 Å². The maximum Gasteiger partial charge on any atom is 0.344 e. The summed E-state index contributed by atoms with van der Waals surface area (Å²) in [4.78, 5) is 12.6. The number of nitrogens with zero attached hydrogens (tertiary/aromatic N) is 2. The average molecular weight is 229 g/mol. The van der Waals surface area contributed by atoms with Crippen LogP contribution in [-0.4, -0.2) is 18.3 Å². The van der Waals surface area contributed by atoms with Crippen molar-refractivity contribution >= 4 is 36.1 Å². The fourth-order valence-electron chi connectivity index (χ4n) is 0.447. The van der Waals surface area contributed by atoms with Gasteiger partial charge >= 0.3 is 5.00 Å². The van der Waals surface area contributed by atoms with Crippen LogP contribution in [0.3, 0.4) is 0 Å². The number of rotatable bonds is 2. The summed E-state index contributed by atoms with van der Waals surface area (Å²) in [6.45, 7) is 0. The van der Waals surface area contributed by atoms with E-state index in [2.05, 4.69) is 4.98 Å². The van der Waals surface area contributed by atoms with Gasteiger partial charge in [-0.3, -0.25) is 10.1 Å². The zero-order valence-corrected chi connectivity index (χ0v) is 7.69. The van der Waals surface area contributed by atoms with Crippen LogP contribution < -0.4 is 0 Å². The second kappa shape index (κ2) is 2.96. The summed E-state index contributed by atoms with van der Waals surface area (Å²) in [6, 6.07) is 0. The Morgan fingerprint density at radius 1 is 1.67 bits per heavy atom. The van der Waals surface area contributed by atoms with Crippen LogP contribution in [0.4, 0.5) is 5.00 Å². The van der Waals surface area contributed by atoms with Gasteiger partial charge in [0.15, 0.2) is 0 Å². The topological polar surface area (TPSA) is 90.2 Å². The normalized spacial score (nSPS) is 11.4. The van der Waals surface area contributed by atoms with Gasteiger partial charge in [-0.05, 0) is 11.3 Å².